The largest absolute Gasteiger partial charge is 0.497 e. The van der Waals surface area contributed by atoms with Crippen molar-refractivity contribution >= 4 is 57.2 Å². The third-order valence-electron chi connectivity index (χ3n) is 4.58. The molecule has 0 atom stereocenters. The average molecular weight is 499 g/mol. The molecule has 2 N–H and O–H groups in total. The van der Waals surface area contributed by atoms with Crippen molar-refractivity contribution in [1.29, 1.82) is 0 Å². The predicted molar refractivity (Wildman–Crippen MR) is 131 cm³/mol. The van der Waals surface area contributed by atoms with E-state index in [1.165, 1.54) is 23.5 Å². The Bertz CT molecular complexity index is 1330. The summed E-state index contributed by atoms with van der Waals surface area (Å²) in [5.74, 6) is -0.171. The molecule has 4 aromatic rings. The third-order valence-corrected chi connectivity index (χ3v) is 6.01. The van der Waals surface area contributed by atoms with E-state index in [1.54, 1.807) is 37.4 Å². The average Bonchev–Trinajstić information content (AvgIpc) is 3.27. The zero-order valence-electron chi connectivity index (χ0n) is 17.1. The summed E-state index contributed by atoms with van der Waals surface area (Å²) in [4.78, 5) is 25.6. The van der Waals surface area contributed by atoms with E-state index in [0.717, 1.165) is 11.3 Å². The van der Waals surface area contributed by atoms with Gasteiger partial charge in [0.15, 0.2) is 0 Å². The Balaban J connectivity index is 1.50. The Kier molecular flexibility index (Phi) is 6.88. The van der Waals surface area contributed by atoms with Crippen molar-refractivity contribution < 1.29 is 14.3 Å². The van der Waals surface area contributed by atoms with E-state index in [0.29, 0.717) is 20.8 Å². The van der Waals surface area contributed by atoms with Gasteiger partial charge in [-0.3, -0.25) is 14.9 Å². The van der Waals surface area contributed by atoms with Gasteiger partial charge in [-0.05, 0) is 54.6 Å². The Labute approximate surface area is 203 Å². The summed E-state index contributed by atoms with van der Waals surface area (Å²) in [6.45, 7) is 0. The lowest BCUT2D eigenvalue weighted by atomic mass is 10.1. The summed E-state index contributed by atoms with van der Waals surface area (Å²) in [5, 5.41) is 15.2. The highest BCUT2D eigenvalue weighted by atomic mass is 35.5. The Morgan fingerprint density at radius 3 is 2.33 bits per heavy atom. The van der Waals surface area contributed by atoms with Crippen LogP contribution in [0.4, 0.5) is 10.8 Å². The number of amides is 2. The van der Waals surface area contributed by atoms with Crippen LogP contribution in [0.15, 0.2) is 66.7 Å². The summed E-state index contributed by atoms with van der Waals surface area (Å²) < 4.78 is 5.16. The van der Waals surface area contributed by atoms with Gasteiger partial charge in [-0.15, -0.1) is 10.2 Å². The third kappa shape index (κ3) is 5.31. The Hall–Kier alpha value is -3.46. The number of para-hydroxylation sites is 1. The van der Waals surface area contributed by atoms with Crippen LogP contribution in [0.3, 0.4) is 0 Å². The monoisotopic (exact) mass is 498 g/mol. The van der Waals surface area contributed by atoms with Gasteiger partial charge in [0.1, 0.15) is 10.8 Å². The van der Waals surface area contributed by atoms with Crippen molar-refractivity contribution in [2.24, 2.45) is 0 Å². The molecule has 7 nitrogen and oxygen atoms in total. The molecule has 3 aromatic carbocycles. The van der Waals surface area contributed by atoms with Crippen LogP contribution >= 0.6 is 34.5 Å². The maximum atomic E-state index is 12.9. The molecule has 0 saturated carbocycles. The molecule has 0 bridgehead atoms. The first kappa shape index (κ1) is 22.7. The molecule has 33 heavy (non-hydrogen) atoms. The minimum Gasteiger partial charge on any atom is -0.497 e. The molecule has 1 aromatic heterocycles. The first-order chi connectivity index (χ1) is 15.9. The molecule has 4 rings (SSSR count). The fourth-order valence-electron chi connectivity index (χ4n) is 2.94. The summed E-state index contributed by atoms with van der Waals surface area (Å²) in [6, 6.07) is 18.6. The van der Waals surface area contributed by atoms with E-state index in [-0.39, 0.29) is 16.1 Å². The van der Waals surface area contributed by atoms with Crippen molar-refractivity contribution in [3.8, 4) is 16.3 Å². The number of rotatable bonds is 6. The molecule has 2 amide bonds. The molecular formula is C23H16Cl2N4O3S. The highest BCUT2D eigenvalue weighted by Crippen LogP contribution is 2.29. The summed E-state index contributed by atoms with van der Waals surface area (Å²) in [5.41, 5.74) is 1.67. The quantitative estimate of drug-likeness (QED) is 0.338. The number of nitrogens with one attached hydrogen (secondary N) is 2. The van der Waals surface area contributed by atoms with Crippen molar-refractivity contribution in [1.82, 2.24) is 10.2 Å². The van der Waals surface area contributed by atoms with Crippen molar-refractivity contribution in [3.63, 3.8) is 0 Å². The van der Waals surface area contributed by atoms with Gasteiger partial charge in [-0.25, -0.2) is 0 Å². The summed E-state index contributed by atoms with van der Waals surface area (Å²) >= 11 is 13.3. The molecule has 166 valence electrons. The van der Waals surface area contributed by atoms with Crippen LogP contribution in [0, 0.1) is 0 Å². The van der Waals surface area contributed by atoms with Crippen LogP contribution in [0.5, 0.6) is 5.75 Å². The maximum Gasteiger partial charge on any atom is 0.259 e. The number of benzene rings is 3. The fraction of sp³-hybridized carbons (Fsp3) is 0.0435. The second-order valence-electron chi connectivity index (χ2n) is 6.72. The van der Waals surface area contributed by atoms with E-state index in [1.807, 2.05) is 24.3 Å². The normalized spacial score (nSPS) is 10.5. The molecular weight excluding hydrogens is 483 g/mol. The lowest BCUT2D eigenvalue weighted by molar-refractivity contribution is 0.102. The second-order valence-corrected chi connectivity index (χ2v) is 8.54. The lowest BCUT2D eigenvalue weighted by Gasteiger charge is -2.11. The van der Waals surface area contributed by atoms with Crippen LogP contribution in [-0.2, 0) is 0 Å². The second kappa shape index (κ2) is 9.99. The van der Waals surface area contributed by atoms with E-state index in [2.05, 4.69) is 20.8 Å². The van der Waals surface area contributed by atoms with Gasteiger partial charge < -0.3 is 10.1 Å². The molecule has 1 heterocycles. The molecule has 0 radical (unpaired) electrons. The molecule has 0 spiro atoms. The van der Waals surface area contributed by atoms with Crippen LogP contribution in [0.2, 0.25) is 10.0 Å². The maximum absolute atomic E-state index is 12.9. The van der Waals surface area contributed by atoms with Crippen molar-refractivity contribution in [2.45, 2.75) is 0 Å². The van der Waals surface area contributed by atoms with Gasteiger partial charge in [0.25, 0.3) is 11.8 Å². The standard InChI is InChI=1S/C23H16Cl2N4O3S/c1-32-15-9-6-13(7-10-15)22-28-29-23(33-22)27-21(31)17-4-2-3-5-19(17)26-20(30)16-11-8-14(24)12-18(16)25/h2-12H,1H3,(H,26,30)(H,27,29,31). The van der Waals surface area contributed by atoms with E-state index >= 15 is 0 Å². The molecule has 0 aliphatic rings. The molecule has 0 fully saturated rings. The number of nitrogens with zero attached hydrogens (tertiary/aromatic N) is 2. The van der Waals surface area contributed by atoms with Crippen LogP contribution in [-0.4, -0.2) is 29.1 Å². The fourth-order valence-corrected chi connectivity index (χ4v) is 4.18. The number of methoxy groups -OCH3 is 1. The zero-order chi connectivity index (χ0) is 23.4. The van der Waals surface area contributed by atoms with Gasteiger partial charge >= 0.3 is 0 Å². The predicted octanol–water partition coefficient (Wildman–Crippen LogP) is 6.03. The minimum absolute atomic E-state index is 0.210. The van der Waals surface area contributed by atoms with Crippen molar-refractivity contribution in [2.75, 3.05) is 17.7 Å². The smallest absolute Gasteiger partial charge is 0.259 e. The Morgan fingerprint density at radius 2 is 1.61 bits per heavy atom. The summed E-state index contributed by atoms with van der Waals surface area (Å²) in [6.07, 6.45) is 0. The number of carbonyl (C=O) groups excluding carboxylic acids is 2. The topological polar surface area (TPSA) is 93.2 Å². The van der Waals surface area contributed by atoms with Gasteiger partial charge in [0, 0.05) is 10.6 Å². The highest BCUT2D eigenvalue weighted by molar-refractivity contribution is 7.18. The minimum atomic E-state index is -0.463. The molecule has 0 unspecified atom stereocenters. The first-order valence-electron chi connectivity index (χ1n) is 9.59. The van der Waals surface area contributed by atoms with Gasteiger partial charge in [-0.1, -0.05) is 46.7 Å². The Morgan fingerprint density at radius 1 is 0.879 bits per heavy atom. The number of carbonyl (C=O) groups is 2. The molecule has 10 heteroatoms. The van der Waals surface area contributed by atoms with E-state index in [4.69, 9.17) is 27.9 Å². The van der Waals surface area contributed by atoms with Crippen LogP contribution in [0.1, 0.15) is 20.7 Å². The number of aromatic nitrogens is 2. The first-order valence-corrected chi connectivity index (χ1v) is 11.2. The number of ether oxygens (including phenoxy) is 1. The lowest BCUT2D eigenvalue weighted by Crippen LogP contribution is -2.18. The molecule has 0 aliphatic carbocycles. The molecule has 0 saturated heterocycles. The number of hydrogen-bond acceptors (Lipinski definition) is 6. The van der Waals surface area contributed by atoms with Crippen LogP contribution in [0.25, 0.3) is 10.6 Å². The van der Waals surface area contributed by atoms with Crippen molar-refractivity contribution in [3.05, 3.63) is 87.9 Å². The van der Waals surface area contributed by atoms with E-state index in [9.17, 15) is 9.59 Å². The summed E-state index contributed by atoms with van der Waals surface area (Å²) in [7, 11) is 1.60. The number of hydrogen-bond donors (Lipinski definition) is 2. The number of anilines is 2. The zero-order valence-corrected chi connectivity index (χ0v) is 19.5. The molecule has 0 aliphatic heterocycles. The highest BCUT2D eigenvalue weighted by Gasteiger charge is 2.18. The van der Waals surface area contributed by atoms with Crippen LogP contribution < -0.4 is 15.4 Å². The number of halogens is 2. The van der Waals surface area contributed by atoms with Gasteiger partial charge in [0.05, 0.1) is 28.9 Å². The van der Waals surface area contributed by atoms with Gasteiger partial charge in [0.2, 0.25) is 5.13 Å². The SMILES string of the molecule is COc1ccc(-c2nnc(NC(=O)c3ccccc3NC(=O)c3ccc(Cl)cc3Cl)s2)cc1. The van der Waals surface area contributed by atoms with Gasteiger partial charge in [-0.2, -0.15) is 0 Å². The van der Waals surface area contributed by atoms with E-state index < -0.39 is 11.8 Å².